The molecule has 1 saturated heterocycles. The smallest absolute Gasteiger partial charge is 0.305 e. The molecule has 1 aliphatic heterocycles. The van der Waals surface area contributed by atoms with Crippen molar-refractivity contribution in [1.82, 2.24) is 9.88 Å². The standard InChI is InChI=1S/C14H16N2O4S/c17-13(18)6-11-9-19-4-3-16(11)7-10-8-20-14(15-10)12-2-1-5-21-12/h1-2,5,8,11H,3-4,6-7,9H2,(H,17,18). The van der Waals surface area contributed by atoms with Gasteiger partial charge in [0.25, 0.3) is 0 Å². The molecule has 1 N–H and O–H groups in total. The van der Waals surface area contributed by atoms with Crippen molar-refractivity contribution in [3.63, 3.8) is 0 Å². The van der Waals surface area contributed by atoms with Gasteiger partial charge in [0.1, 0.15) is 6.26 Å². The Morgan fingerprint density at radius 1 is 1.57 bits per heavy atom. The first-order valence-electron chi connectivity index (χ1n) is 6.74. The molecule has 7 heteroatoms. The lowest BCUT2D eigenvalue weighted by atomic mass is 10.1. The number of oxazole rings is 1. The van der Waals surface area contributed by atoms with Crippen LogP contribution in [-0.4, -0.2) is 46.8 Å². The third-order valence-electron chi connectivity index (χ3n) is 3.41. The zero-order valence-corrected chi connectivity index (χ0v) is 12.2. The van der Waals surface area contributed by atoms with Crippen LogP contribution in [0, 0.1) is 0 Å². The number of hydrogen-bond acceptors (Lipinski definition) is 6. The average Bonchev–Trinajstić information content (AvgIpc) is 3.11. The zero-order valence-electron chi connectivity index (χ0n) is 11.4. The number of ether oxygens (including phenoxy) is 1. The summed E-state index contributed by atoms with van der Waals surface area (Å²) in [6.45, 7) is 2.35. The van der Waals surface area contributed by atoms with E-state index >= 15 is 0 Å². The van der Waals surface area contributed by atoms with Gasteiger partial charge in [-0.15, -0.1) is 11.3 Å². The Kier molecular flexibility index (Phi) is 4.33. The van der Waals surface area contributed by atoms with Crippen LogP contribution in [-0.2, 0) is 16.1 Å². The number of carboxylic acids is 1. The molecular weight excluding hydrogens is 292 g/mol. The fraction of sp³-hybridized carbons (Fsp3) is 0.429. The van der Waals surface area contributed by atoms with Gasteiger partial charge >= 0.3 is 5.97 Å². The molecule has 6 nitrogen and oxygen atoms in total. The summed E-state index contributed by atoms with van der Waals surface area (Å²) in [5.74, 6) is -0.196. The summed E-state index contributed by atoms with van der Waals surface area (Å²) in [7, 11) is 0. The predicted molar refractivity (Wildman–Crippen MR) is 77.1 cm³/mol. The van der Waals surface area contributed by atoms with Gasteiger partial charge in [0.2, 0.25) is 5.89 Å². The highest BCUT2D eigenvalue weighted by atomic mass is 32.1. The molecule has 0 radical (unpaired) electrons. The quantitative estimate of drug-likeness (QED) is 0.911. The molecule has 2 aromatic rings. The first-order chi connectivity index (χ1) is 10.2. The molecule has 1 unspecified atom stereocenters. The second kappa shape index (κ2) is 6.38. The molecule has 0 spiro atoms. The molecule has 0 amide bonds. The van der Waals surface area contributed by atoms with Crippen LogP contribution in [0.4, 0.5) is 0 Å². The molecular formula is C14H16N2O4S. The summed E-state index contributed by atoms with van der Waals surface area (Å²) >= 11 is 1.58. The number of carbonyl (C=O) groups is 1. The van der Waals surface area contributed by atoms with E-state index in [0.29, 0.717) is 32.2 Å². The minimum Gasteiger partial charge on any atom is -0.481 e. The van der Waals surface area contributed by atoms with Gasteiger partial charge in [-0.25, -0.2) is 4.98 Å². The van der Waals surface area contributed by atoms with E-state index in [1.54, 1.807) is 17.6 Å². The summed E-state index contributed by atoms with van der Waals surface area (Å²) < 4.78 is 10.9. The number of aromatic nitrogens is 1. The summed E-state index contributed by atoms with van der Waals surface area (Å²) in [6, 6.07) is 3.80. The number of hydrogen-bond donors (Lipinski definition) is 1. The van der Waals surface area contributed by atoms with E-state index in [9.17, 15) is 4.79 Å². The second-order valence-corrected chi connectivity index (χ2v) is 5.87. The van der Waals surface area contributed by atoms with Crippen molar-refractivity contribution in [2.45, 2.75) is 19.0 Å². The van der Waals surface area contributed by atoms with Gasteiger partial charge in [0.05, 0.1) is 30.2 Å². The Bertz CT molecular complexity index is 596. The highest BCUT2D eigenvalue weighted by Crippen LogP contribution is 2.24. The molecule has 112 valence electrons. The number of carboxylic acid groups (broad SMARTS) is 1. The maximum Gasteiger partial charge on any atom is 0.305 e. The molecule has 3 heterocycles. The number of rotatable bonds is 5. The fourth-order valence-corrected chi connectivity index (χ4v) is 3.04. The number of nitrogens with zero attached hydrogens (tertiary/aromatic N) is 2. The molecule has 0 saturated carbocycles. The average molecular weight is 308 g/mol. The van der Waals surface area contributed by atoms with Crippen LogP contribution in [0.15, 0.2) is 28.2 Å². The molecule has 1 fully saturated rings. The maximum absolute atomic E-state index is 10.9. The van der Waals surface area contributed by atoms with E-state index < -0.39 is 5.97 Å². The monoisotopic (exact) mass is 308 g/mol. The maximum atomic E-state index is 10.9. The molecule has 3 rings (SSSR count). The van der Waals surface area contributed by atoms with Crippen molar-refractivity contribution in [2.24, 2.45) is 0 Å². The topological polar surface area (TPSA) is 75.8 Å². The van der Waals surface area contributed by atoms with Gasteiger partial charge in [0, 0.05) is 19.1 Å². The minimum absolute atomic E-state index is 0.0790. The molecule has 1 aliphatic rings. The van der Waals surface area contributed by atoms with Crippen LogP contribution >= 0.6 is 11.3 Å². The Balaban J connectivity index is 1.68. The lowest BCUT2D eigenvalue weighted by Gasteiger charge is -2.34. The fourth-order valence-electron chi connectivity index (χ4n) is 2.39. The molecule has 0 aromatic carbocycles. The van der Waals surface area contributed by atoms with E-state index in [4.69, 9.17) is 14.3 Å². The SMILES string of the molecule is O=C(O)CC1COCCN1Cc1coc(-c2cccs2)n1. The van der Waals surface area contributed by atoms with E-state index in [1.807, 2.05) is 17.5 Å². The Morgan fingerprint density at radius 2 is 2.48 bits per heavy atom. The van der Waals surface area contributed by atoms with E-state index in [0.717, 1.165) is 10.6 Å². The lowest BCUT2D eigenvalue weighted by Crippen LogP contribution is -2.45. The number of aliphatic carboxylic acids is 1. The van der Waals surface area contributed by atoms with Crippen LogP contribution in [0.2, 0.25) is 0 Å². The highest BCUT2D eigenvalue weighted by Gasteiger charge is 2.26. The third-order valence-corrected chi connectivity index (χ3v) is 4.27. The first kappa shape index (κ1) is 14.2. The van der Waals surface area contributed by atoms with Crippen LogP contribution in [0.25, 0.3) is 10.8 Å². The Hall–Kier alpha value is -1.70. The minimum atomic E-state index is -0.810. The highest BCUT2D eigenvalue weighted by molar-refractivity contribution is 7.13. The van der Waals surface area contributed by atoms with Crippen molar-refractivity contribution in [3.8, 4) is 10.8 Å². The van der Waals surface area contributed by atoms with E-state index in [-0.39, 0.29) is 12.5 Å². The molecule has 21 heavy (non-hydrogen) atoms. The second-order valence-electron chi connectivity index (χ2n) is 4.92. The normalized spacial score (nSPS) is 19.7. The summed E-state index contributed by atoms with van der Waals surface area (Å²) in [6.07, 6.45) is 1.72. The van der Waals surface area contributed by atoms with Gasteiger partial charge in [-0.3, -0.25) is 9.69 Å². The zero-order chi connectivity index (χ0) is 14.7. The van der Waals surface area contributed by atoms with Crippen LogP contribution in [0.5, 0.6) is 0 Å². The molecule has 0 aliphatic carbocycles. The van der Waals surface area contributed by atoms with Gasteiger partial charge in [-0.1, -0.05) is 6.07 Å². The van der Waals surface area contributed by atoms with Crippen LogP contribution < -0.4 is 0 Å². The van der Waals surface area contributed by atoms with Crippen molar-refractivity contribution in [1.29, 1.82) is 0 Å². The number of morpholine rings is 1. The predicted octanol–water partition coefficient (Wildman–Crippen LogP) is 2.08. The van der Waals surface area contributed by atoms with Gasteiger partial charge in [-0.05, 0) is 11.4 Å². The Morgan fingerprint density at radius 3 is 3.24 bits per heavy atom. The van der Waals surface area contributed by atoms with Gasteiger partial charge in [0.15, 0.2) is 0 Å². The Labute approximate surface area is 126 Å². The number of thiophene rings is 1. The van der Waals surface area contributed by atoms with E-state index in [1.165, 1.54) is 0 Å². The lowest BCUT2D eigenvalue weighted by molar-refractivity contribution is -0.140. The van der Waals surface area contributed by atoms with Crippen molar-refractivity contribution in [2.75, 3.05) is 19.8 Å². The molecule has 0 bridgehead atoms. The van der Waals surface area contributed by atoms with Gasteiger partial charge in [-0.2, -0.15) is 0 Å². The van der Waals surface area contributed by atoms with Crippen LogP contribution in [0.1, 0.15) is 12.1 Å². The summed E-state index contributed by atoms with van der Waals surface area (Å²) in [5.41, 5.74) is 0.815. The van der Waals surface area contributed by atoms with Gasteiger partial charge < -0.3 is 14.3 Å². The summed E-state index contributed by atoms with van der Waals surface area (Å²) in [5, 5.41) is 10.9. The van der Waals surface area contributed by atoms with Crippen molar-refractivity contribution in [3.05, 3.63) is 29.5 Å². The van der Waals surface area contributed by atoms with E-state index in [2.05, 4.69) is 9.88 Å². The third kappa shape index (κ3) is 3.49. The largest absolute Gasteiger partial charge is 0.481 e. The first-order valence-corrected chi connectivity index (χ1v) is 7.62. The van der Waals surface area contributed by atoms with Crippen molar-refractivity contribution < 1.29 is 19.1 Å². The molecule has 1 atom stereocenters. The summed E-state index contributed by atoms with van der Waals surface area (Å²) in [4.78, 5) is 18.5. The van der Waals surface area contributed by atoms with Crippen LogP contribution in [0.3, 0.4) is 0 Å². The molecule has 2 aromatic heterocycles. The van der Waals surface area contributed by atoms with Crippen molar-refractivity contribution >= 4 is 17.3 Å².